The lowest BCUT2D eigenvalue weighted by Crippen LogP contribution is -2.50. The van der Waals surface area contributed by atoms with Crippen molar-refractivity contribution in [2.75, 3.05) is 12.3 Å². The fourth-order valence-corrected chi connectivity index (χ4v) is 7.83. The van der Waals surface area contributed by atoms with E-state index in [1.165, 1.54) is 0 Å². The van der Waals surface area contributed by atoms with Gasteiger partial charge in [-0.2, -0.15) is 4.31 Å². The largest absolute Gasteiger partial charge is 0.299 e. The summed E-state index contributed by atoms with van der Waals surface area (Å²) in [7, 11) is -3.36. The van der Waals surface area contributed by atoms with E-state index < -0.39 is 15.4 Å². The van der Waals surface area contributed by atoms with Crippen molar-refractivity contribution in [2.45, 2.75) is 71.8 Å². The molecule has 1 aliphatic heterocycles. The van der Waals surface area contributed by atoms with Crippen molar-refractivity contribution in [3.8, 4) is 0 Å². The summed E-state index contributed by atoms with van der Waals surface area (Å²) in [4.78, 5) is 12.6. The molecule has 3 atom stereocenters. The molecule has 0 spiro atoms. The fraction of sp³-hybridized carbons (Fsp3) is 0.941. The Bertz CT molecular complexity index is 568. The molecular formula is C17H29NO3S. The van der Waals surface area contributed by atoms with Crippen LogP contribution in [-0.2, 0) is 14.8 Å². The molecule has 2 saturated carbocycles. The minimum absolute atomic E-state index is 0.0405. The normalized spacial score (nSPS) is 38.6. The molecule has 126 valence electrons. The smallest absolute Gasteiger partial charge is 0.215 e. The van der Waals surface area contributed by atoms with E-state index in [-0.39, 0.29) is 23.0 Å². The molecule has 0 aromatic rings. The number of piperidine rings is 1. The van der Waals surface area contributed by atoms with Crippen LogP contribution in [-0.4, -0.2) is 36.8 Å². The zero-order valence-corrected chi connectivity index (χ0v) is 14.9. The fourth-order valence-electron chi connectivity index (χ4n) is 5.25. The van der Waals surface area contributed by atoms with Gasteiger partial charge in [-0.25, -0.2) is 8.42 Å². The van der Waals surface area contributed by atoms with Crippen molar-refractivity contribution in [2.24, 2.45) is 16.7 Å². The van der Waals surface area contributed by atoms with Crippen LogP contribution in [0.25, 0.3) is 0 Å². The van der Waals surface area contributed by atoms with Crippen molar-refractivity contribution in [3.63, 3.8) is 0 Å². The first kappa shape index (κ1) is 16.4. The van der Waals surface area contributed by atoms with Crippen LogP contribution in [0.2, 0.25) is 0 Å². The van der Waals surface area contributed by atoms with E-state index in [2.05, 4.69) is 20.8 Å². The quantitative estimate of drug-likeness (QED) is 0.797. The molecule has 0 amide bonds. The summed E-state index contributed by atoms with van der Waals surface area (Å²) in [6, 6.07) is 0.131. The van der Waals surface area contributed by atoms with Crippen molar-refractivity contribution in [1.82, 2.24) is 4.31 Å². The summed E-state index contributed by atoms with van der Waals surface area (Å²) in [5.41, 5.74) is -0.805. The van der Waals surface area contributed by atoms with E-state index in [4.69, 9.17) is 0 Å². The van der Waals surface area contributed by atoms with Crippen LogP contribution in [0.4, 0.5) is 0 Å². The van der Waals surface area contributed by atoms with E-state index in [0.29, 0.717) is 18.9 Å². The first-order valence-electron chi connectivity index (χ1n) is 8.77. The van der Waals surface area contributed by atoms with Gasteiger partial charge in [-0.05, 0) is 43.4 Å². The highest BCUT2D eigenvalue weighted by Crippen LogP contribution is 2.64. The highest BCUT2D eigenvalue weighted by molar-refractivity contribution is 7.89. The number of hydrogen-bond acceptors (Lipinski definition) is 3. The van der Waals surface area contributed by atoms with Gasteiger partial charge in [-0.3, -0.25) is 4.79 Å². The van der Waals surface area contributed by atoms with Crippen molar-refractivity contribution >= 4 is 15.8 Å². The van der Waals surface area contributed by atoms with Gasteiger partial charge in [0.1, 0.15) is 5.78 Å². The number of ketones is 1. The van der Waals surface area contributed by atoms with Crippen LogP contribution in [0.15, 0.2) is 0 Å². The predicted molar refractivity (Wildman–Crippen MR) is 87.0 cm³/mol. The third-order valence-electron chi connectivity index (χ3n) is 6.97. The van der Waals surface area contributed by atoms with E-state index in [9.17, 15) is 13.2 Å². The minimum Gasteiger partial charge on any atom is -0.299 e. The van der Waals surface area contributed by atoms with Crippen LogP contribution in [0.3, 0.4) is 0 Å². The Hall–Kier alpha value is -0.420. The van der Waals surface area contributed by atoms with Crippen LogP contribution in [0.5, 0.6) is 0 Å². The van der Waals surface area contributed by atoms with E-state index in [1.807, 2.05) is 0 Å². The van der Waals surface area contributed by atoms with Gasteiger partial charge < -0.3 is 0 Å². The summed E-state index contributed by atoms with van der Waals surface area (Å²) in [5, 5.41) is 0. The Balaban J connectivity index is 1.89. The third kappa shape index (κ3) is 2.19. The molecule has 4 nitrogen and oxygen atoms in total. The topological polar surface area (TPSA) is 54.5 Å². The summed E-state index contributed by atoms with van der Waals surface area (Å²) in [5.74, 6) is 0.611. The Morgan fingerprint density at radius 2 is 1.95 bits per heavy atom. The van der Waals surface area contributed by atoms with E-state index in [1.54, 1.807) is 4.31 Å². The molecule has 0 unspecified atom stereocenters. The van der Waals surface area contributed by atoms with Crippen LogP contribution >= 0.6 is 0 Å². The zero-order valence-electron chi connectivity index (χ0n) is 14.1. The van der Waals surface area contributed by atoms with Gasteiger partial charge in [0.15, 0.2) is 0 Å². The zero-order chi connectivity index (χ0) is 16.2. The molecule has 0 radical (unpaired) electrons. The lowest BCUT2D eigenvalue weighted by molar-refractivity contribution is -0.128. The monoisotopic (exact) mass is 327 g/mol. The van der Waals surface area contributed by atoms with Gasteiger partial charge in [0.05, 0.1) is 5.75 Å². The number of Topliss-reactive ketones (excluding diaryl/α,β-unsaturated/α-hetero) is 1. The number of nitrogens with zero attached hydrogens (tertiary/aromatic N) is 1. The summed E-state index contributed by atoms with van der Waals surface area (Å²) < 4.78 is 27.9. The standard InChI is InChI=1S/C17H29NO3S/c1-4-14-7-5-6-10-18(14)22(20,21)12-17-9-8-13(11-15(17)19)16(17,2)3/h13-14H,4-12H2,1-3H3/t13-,14+,17+/m0/s1. The molecule has 0 aromatic carbocycles. The first-order valence-corrected chi connectivity index (χ1v) is 10.4. The summed E-state index contributed by atoms with van der Waals surface area (Å²) >= 11 is 0. The first-order chi connectivity index (χ1) is 10.2. The van der Waals surface area contributed by atoms with Crippen LogP contribution in [0.1, 0.15) is 65.7 Å². The summed E-state index contributed by atoms with van der Waals surface area (Å²) in [6.45, 7) is 6.92. The molecule has 1 saturated heterocycles. The molecule has 0 N–H and O–H groups in total. The van der Waals surface area contributed by atoms with Crippen molar-refractivity contribution in [3.05, 3.63) is 0 Å². The average molecular weight is 327 g/mol. The SMILES string of the molecule is CC[C@@H]1CCCCN1S(=O)(=O)C[C@]12CC[C@@H](CC1=O)C2(C)C. The maximum atomic E-state index is 13.1. The van der Waals surface area contributed by atoms with Crippen molar-refractivity contribution < 1.29 is 13.2 Å². The van der Waals surface area contributed by atoms with Gasteiger partial charge in [0.25, 0.3) is 0 Å². The van der Waals surface area contributed by atoms with Gasteiger partial charge in [0, 0.05) is 24.4 Å². The van der Waals surface area contributed by atoms with Crippen LogP contribution < -0.4 is 0 Å². The molecule has 0 aromatic heterocycles. The third-order valence-corrected chi connectivity index (χ3v) is 9.02. The van der Waals surface area contributed by atoms with Gasteiger partial charge in [-0.1, -0.05) is 27.2 Å². The molecule has 3 rings (SSSR count). The number of carbonyl (C=O) groups is 1. The maximum absolute atomic E-state index is 13.1. The average Bonchev–Trinajstić information content (AvgIpc) is 2.81. The number of sulfonamides is 1. The second kappa shape index (κ2) is 5.30. The van der Waals surface area contributed by atoms with E-state index >= 15 is 0 Å². The predicted octanol–water partition coefficient (Wildman–Crippen LogP) is 2.98. The Labute approximate surface area is 134 Å². The van der Waals surface area contributed by atoms with Gasteiger partial charge in [0.2, 0.25) is 10.0 Å². The maximum Gasteiger partial charge on any atom is 0.215 e. The number of hydrogen-bond donors (Lipinski definition) is 0. The molecule has 5 heteroatoms. The molecule has 3 fully saturated rings. The second-order valence-corrected chi connectivity index (χ2v) is 10.0. The Kier molecular flexibility index (Phi) is 3.96. The van der Waals surface area contributed by atoms with Gasteiger partial charge >= 0.3 is 0 Å². The molecule has 22 heavy (non-hydrogen) atoms. The van der Waals surface area contributed by atoms with Crippen LogP contribution in [0, 0.1) is 16.7 Å². The molecule has 2 aliphatic carbocycles. The highest BCUT2D eigenvalue weighted by Gasteiger charge is 2.65. The number of carbonyl (C=O) groups excluding carboxylic acids is 1. The second-order valence-electron chi connectivity index (χ2n) is 8.09. The molecule has 3 aliphatic rings. The molecular weight excluding hydrogens is 298 g/mol. The van der Waals surface area contributed by atoms with Gasteiger partial charge in [-0.15, -0.1) is 0 Å². The molecule has 1 heterocycles. The number of fused-ring (bicyclic) bond motifs is 2. The lowest BCUT2D eigenvalue weighted by Gasteiger charge is -2.40. The Morgan fingerprint density at radius 3 is 2.50 bits per heavy atom. The van der Waals surface area contributed by atoms with Crippen molar-refractivity contribution in [1.29, 1.82) is 0 Å². The molecule has 2 bridgehead atoms. The lowest BCUT2D eigenvalue weighted by atomic mass is 9.70. The highest BCUT2D eigenvalue weighted by atomic mass is 32.2. The number of rotatable bonds is 4. The Morgan fingerprint density at radius 1 is 1.23 bits per heavy atom. The van der Waals surface area contributed by atoms with E-state index in [0.717, 1.165) is 38.5 Å². The summed E-state index contributed by atoms with van der Waals surface area (Å²) in [6.07, 6.45) is 6.23. The minimum atomic E-state index is -3.36.